The molecule has 0 bridgehead atoms. The Hall–Kier alpha value is -2.93. The largest absolute Gasteiger partial charge is 0.323 e. The molecule has 0 aliphatic carbocycles. The van der Waals surface area contributed by atoms with Crippen LogP contribution in [0.2, 0.25) is 0 Å². The first-order valence-corrected chi connectivity index (χ1v) is 10.7. The Balaban J connectivity index is 1.42. The molecule has 1 atom stereocenters. The minimum atomic E-state index is -0.226. The number of aromatic nitrogens is 4. The molecule has 0 radical (unpaired) electrons. The second-order valence-electron chi connectivity index (χ2n) is 7.62. The fourth-order valence-electron chi connectivity index (χ4n) is 3.58. The Kier molecular flexibility index (Phi) is 5.72. The number of amides is 1. The molecule has 2 heterocycles. The first-order chi connectivity index (χ1) is 14.4. The molecular formula is C23H24BrN5O. The lowest BCUT2D eigenvalue weighted by molar-refractivity contribution is -0.119. The molecule has 4 aromatic rings. The van der Waals surface area contributed by atoms with Crippen LogP contribution >= 0.6 is 15.9 Å². The van der Waals surface area contributed by atoms with E-state index in [1.54, 1.807) is 6.20 Å². The van der Waals surface area contributed by atoms with Crippen molar-refractivity contribution in [3.8, 4) is 0 Å². The van der Waals surface area contributed by atoms with Crippen molar-refractivity contribution in [2.24, 2.45) is 5.92 Å². The molecule has 0 aliphatic heterocycles. The van der Waals surface area contributed by atoms with Gasteiger partial charge in [-0.2, -0.15) is 10.2 Å². The zero-order chi connectivity index (χ0) is 21.3. The number of nitrogens with one attached hydrogen (secondary N) is 1. The molecule has 6 nitrogen and oxygen atoms in total. The summed E-state index contributed by atoms with van der Waals surface area (Å²) in [4.78, 5) is 12.7. The molecule has 154 valence electrons. The number of carbonyl (C=O) groups excluding carboxylic acids is 1. The van der Waals surface area contributed by atoms with E-state index in [1.165, 1.54) is 16.3 Å². The molecule has 1 amide bonds. The maximum Gasteiger partial charge on any atom is 0.229 e. The fourth-order valence-corrected chi connectivity index (χ4v) is 3.86. The highest BCUT2D eigenvalue weighted by atomic mass is 79.9. The highest BCUT2D eigenvalue weighted by Gasteiger charge is 2.18. The number of fused-ring (bicyclic) bond motifs is 1. The Morgan fingerprint density at radius 1 is 1.17 bits per heavy atom. The zero-order valence-electron chi connectivity index (χ0n) is 17.3. The van der Waals surface area contributed by atoms with Gasteiger partial charge in [0.25, 0.3) is 0 Å². The first kappa shape index (κ1) is 20.3. The molecule has 2 aromatic heterocycles. The number of hydrogen-bond donors (Lipinski definition) is 1. The maximum absolute atomic E-state index is 12.7. The summed E-state index contributed by atoms with van der Waals surface area (Å²) in [6.45, 7) is 7.01. The summed E-state index contributed by atoms with van der Waals surface area (Å²) in [7, 11) is 0. The SMILES string of the molecule is Cc1nn(CC(C)C(=O)Nc2cnn(Cc3cccc4ccccc34)c2)c(C)c1Br. The molecule has 7 heteroatoms. The summed E-state index contributed by atoms with van der Waals surface area (Å²) >= 11 is 3.53. The van der Waals surface area contributed by atoms with E-state index in [-0.39, 0.29) is 11.8 Å². The third-order valence-corrected chi connectivity index (χ3v) is 6.45. The summed E-state index contributed by atoms with van der Waals surface area (Å²) in [6, 6.07) is 14.6. The van der Waals surface area contributed by atoms with Crippen molar-refractivity contribution >= 4 is 38.3 Å². The molecule has 0 spiro atoms. The topological polar surface area (TPSA) is 64.7 Å². The smallest absolute Gasteiger partial charge is 0.229 e. The molecule has 0 fully saturated rings. The zero-order valence-corrected chi connectivity index (χ0v) is 18.8. The van der Waals surface area contributed by atoms with E-state index in [9.17, 15) is 4.79 Å². The van der Waals surface area contributed by atoms with E-state index in [0.29, 0.717) is 18.8 Å². The average Bonchev–Trinajstić information content (AvgIpc) is 3.27. The monoisotopic (exact) mass is 465 g/mol. The predicted octanol–water partition coefficient (Wildman–Crippen LogP) is 4.94. The Morgan fingerprint density at radius 2 is 1.93 bits per heavy atom. The number of halogens is 1. The van der Waals surface area contributed by atoms with Crippen molar-refractivity contribution in [3.63, 3.8) is 0 Å². The molecule has 0 aliphatic rings. The van der Waals surface area contributed by atoms with Crippen LogP contribution in [0.25, 0.3) is 10.8 Å². The second kappa shape index (κ2) is 8.44. The quantitative estimate of drug-likeness (QED) is 0.438. The van der Waals surface area contributed by atoms with Crippen molar-refractivity contribution in [1.29, 1.82) is 0 Å². The van der Waals surface area contributed by atoms with Crippen LogP contribution in [-0.4, -0.2) is 25.5 Å². The summed E-state index contributed by atoms with van der Waals surface area (Å²) in [5.41, 5.74) is 3.84. The van der Waals surface area contributed by atoms with Crippen molar-refractivity contribution in [1.82, 2.24) is 19.6 Å². The Bertz CT molecular complexity index is 1200. The van der Waals surface area contributed by atoms with Gasteiger partial charge >= 0.3 is 0 Å². The van der Waals surface area contributed by atoms with Gasteiger partial charge in [0, 0.05) is 11.9 Å². The van der Waals surface area contributed by atoms with E-state index in [0.717, 1.165) is 15.9 Å². The minimum Gasteiger partial charge on any atom is -0.323 e. The number of anilines is 1. The van der Waals surface area contributed by atoms with Crippen LogP contribution in [0.3, 0.4) is 0 Å². The summed E-state index contributed by atoms with van der Waals surface area (Å²) < 4.78 is 4.71. The Morgan fingerprint density at radius 3 is 2.70 bits per heavy atom. The van der Waals surface area contributed by atoms with Gasteiger partial charge in [0.05, 0.1) is 41.1 Å². The molecule has 30 heavy (non-hydrogen) atoms. The predicted molar refractivity (Wildman–Crippen MR) is 122 cm³/mol. The van der Waals surface area contributed by atoms with Crippen LogP contribution < -0.4 is 5.32 Å². The van der Waals surface area contributed by atoms with Crippen LogP contribution in [0.4, 0.5) is 5.69 Å². The molecule has 1 N–H and O–H groups in total. The van der Waals surface area contributed by atoms with E-state index in [2.05, 4.69) is 61.8 Å². The normalized spacial score (nSPS) is 12.3. The number of aryl methyl sites for hydroxylation is 1. The van der Waals surface area contributed by atoms with Crippen molar-refractivity contribution < 1.29 is 4.79 Å². The molecule has 4 rings (SSSR count). The number of hydrogen-bond acceptors (Lipinski definition) is 3. The van der Waals surface area contributed by atoms with E-state index in [4.69, 9.17) is 0 Å². The molecule has 0 saturated heterocycles. The van der Waals surface area contributed by atoms with Gasteiger partial charge in [-0.05, 0) is 46.1 Å². The van der Waals surface area contributed by atoms with Gasteiger partial charge in [-0.25, -0.2) is 0 Å². The Labute approximate surface area is 184 Å². The van der Waals surface area contributed by atoms with Gasteiger partial charge in [-0.3, -0.25) is 14.2 Å². The van der Waals surface area contributed by atoms with Crippen LogP contribution in [0, 0.1) is 19.8 Å². The van der Waals surface area contributed by atoms with Gasteiger partial charge < -0.3 is 5.32 Å². The third kappa shape index (κ3) is 4.16. The molecule has 0 saturated carbocycles. The lowest BCUT2D eigenvalue weighted by Crippen LogP contribution is -2.25. The van der Waals surface area contributed by atoms with Crippen molar-refractivity contribution in [3.05, 3.63) is 76.3 Å². The number of nitrogens with zero attached hydrogens (tertiary/aromatic N) is 4. The maximum atomic E-state index is 12.7. The van der Waals surface area contributed by atoms with Crippen molar-refractivity contribution in [2.75, 3.05) is 5.32 Å². The molecule has 2 aromatic carbocycles. The van der Waals surface area contributed by atoms with Crippen LogP contribution in [-0.2, 0) is 17.9 Å². The highest BCUT2D eigenvalue weighted by Crippen LogP contribution is 2.22. The van der Waals surface area contributed by atoms with E-state index < -0.39 is 0 Å². The first-order valence-electron chi connectivity index (χ1n) is 9.92. The summed E-state index contributed by atoms with van der Waals surface area (Å²) in [5, 5.41) is 14.3. The lowest BCUT2D eigenvalue weighted by Gasteiger charge is -2.12. The number of rotatable bonds is 6. The fraction of sp³-hybridized carbons (Fsp3) is 0.261. The van der Waals surface area contributed by atoms with E-state index >= 15 is 0 Å². The molecular weight excluding hydrogens is 442 g/mol. The van der Waals surface area contributed by atoms with Crippen LogP contribution in [0.5, 0.6) is 0 Å². The second-order valence-corrected chi connectivity index (χ2v) is 8.42. The van der Waals surface area contributed by atoms with Crippen LogP contribution in [0.1, 0.15) is 23.9 Å². The summed E-state index contributed by atoms with van der Waals surface area (Å²) in [6.07, 6.45) is 3.56. The van der Waals surface area contributed by atoms with Gasteiger partial charge in [0.2, 0.25) is 5.91 Å². The van der Waals surface area contributed by atoms with E-state index in [1.807, 2.05) is 48.5 Å². The van der Waals surface area contributed by atoms with Gasteiger partial charge in [0.15, 0.2) is 0 Å². The minimum absolute atomic E-state index is 0.0524. The standard InChI is InChI=1S/C23H24BrN5O/c1-15(12-29-17(3)22(24)16(2)27-29)23(30)26-20-11-25-28(14-20)13-19-9-6-8-18-7-4-5-10-21(18)19/h4-11,14-15H,12-13H2,1-3H3,(H,26,30). The van der Waals surface area contributed by atoms with Crippen molar-refractivity contribution in [2.45, 2.75) is 33.9 Å². The lowest BCUT2D eigenvalue weighted by atomic mass is 10.0. The van der Waals surface area contributed by atoms with Gasteiger partial charge in [-0.15, -0.1) is 0 Å². The van der Waals surface area contributed by atoms with Gasteiger partial charge in [-0.1, -0.05) is 49.4 Å². The average molecular weight is 466 g/mol. The summed E-state index contributed by atoms with van der Waals surface area (Å²) in [5.74, 6) is -0.278. The molecule has 1 unspecified atom stereocenters. The third-order valence-electron chi connectivity index (χ3n) is 5.30. The highest BCUT2D eigenvalue weighted by molar-refractivity contribution is 9.10. The number of benzene rings is 2. The van der Waals surface area contributed by atoms with Crippen LogP contribution in [0.15, 0.2) is 59.3 Å². The van der Waals surface area contributed by atoms with Gasteiger partial charge in [0.1, 0.15) is 0 Å². The number of carbonyl (C=O) groups is 1.